The number of hydrogen-bond donors (Lipinski definition) is 1. The molecule has 1 N–H and O–H groups in total. The molecule has 3 rings (SSSR count). The maximum Gasteiger partial charge on any atom is 0.195 e. The van der Waals surface area contributed by atoms with Gasteiger partial charge in [0.25, 0.3) is 0 Å². The number of ketones is 1. The number of phenolic OH excluding ortho intramolecular Hbond substituents is 1. The van der Waals surface area contributed by atoms with Crippen LogP contribution in [-0.4, -0.2) is 20.3 Å². The van der Waals surface area contributed by atoms with Gasteiger partial charge in [-0.05, 0) is 24.3 Å². The smallest absolute Gasteiger partial charge is 0.195 e. The van der Waals surface area contributed by atoms with Crippen molar-refractivity contribution >= 4 is 39.8 Å². The number of hydrogen-bond acceptors (Lipinski definition) is 4. The summed E-state index contributed by atoms with van der Waals surface area (Å²) >= 11 is 7.51. The Morgan fingerprint density at radius 2 is 2.30 bits per heavy atom. The summed E-state index contributed by atoms with van der Waals surface area (Å²) < 4.78 is 1.82. The largest absolute Gasteiger partial charge is 0.508 e. The summed E-state index contributed by atoms with van der Waals surface area (Å²) in [7, 11) is 0. The first-order valence-electron chi connectivity index (χ1n) is 5.77. The lowest BCUT2D eigenvalue weighted by atomic mass is 10.1. The van der Waals surface area contributed by atoms with Gasteiger partial charge in [-0.2, -0.15) is 0 Å². The summed E-state index contributed by atoms with van der Waals surface area (Å²) in [6, 6.07) is 6.21. The number of carbonyl (C=O) groups excluding carboxylic acids is 1. The maximum absolute atomic E-state index is 12.0. The third kappa shape index (κ3) is 2.33. The summed E-state index contributed by atoms with van der Waals surface area (Å²) in [5, 5.41) is 11.6. The Kier molecular flexibility index (Phi) is 3.30. The number of allylic oxidation sites excluding steroid dienone is 1. The van der Waals surface area contributed by atoms with Gasteiger partial charge < -0.3 is 5.11 Å². The quantitative estimate of drug-likeness (QED) is 0.593. The summed E-state index contributed by atoms with van der Waals surface area (Å²) in [6.45, 7) is 0. The van der Waals surface area contributed by atoms with E-state index < -0.39 is 0 Å². The zero-order chi connectivity index (χ0) is 14.1. The van der Waals surface area contributed by atoms with E-state index in [4.69, 9.17) is 11.6 Å². The number of aromatic hydroxyl groups is 1. The number of thiazole rings is 1. The van der Waals surface area contributed by atoms with Crippen LogP contribution in [0.15, 0.2) is 41.9 Å². The van der Waals surface area contributed by atoms with Gasteiger partial charge in [0.05, 0.1) is 5.69 Å². The van der Waals surface area contributed by atoms with Crippen LogP contribution in [0.2, 0.25) is 5.15 Å². The average Bonchev–Trinajstić information content (AvgIpc) is 2.97. The number of phenols is 1. The van der Waals surface area contributed by atoms with Crippen LogP contribution < -0.4 is 0 Å². The van der Waals surface area contributed by atoms with Crippen molar-refractivity contribution in [1.82, 2.24) is 9.38 Å². The van der Waals surface area contributed by atoms with E-state index in [-0.39, 0.29) is 11.5 Å². The number of nitrogens with zero attached hydrogens (tertiary/aromatic N) is 2. The first-order valence-corrected chi connectivity index (χ1v) is 7.03. The van der Waals surface area contributed by atoms with E-state index in [0.29, 0.717) is 16.4 Å². The van der Waals surface area contributed by atoms with Gasteiger partial charge in [0.1, 0.15) is 5.75 Å². The summed E-state index contributed by atoms with van der Waals surface area (Å²) in [5.41, 5.74) is 1.08. The van der Waals surface area contributed by atoms with Gasteiger partial charge in [0.2, 0.25) is 0 Å². The molecule has 100 valence electrons. The van der Waals surface area contributed by atoms with Gasteiger partial charge >= 0.3 is 0 Å². The molecule has 0 radical (unpaired) electrons. The van der Waals surface area contributed by atoms with Crippen LogP contribution in [0.3, 0.4) is 0 Å². The van der Waals surface area contributed by atoms with Gasteiger partial charge in [-0.3, -0.25) is 9.20 Å². The third-order valence-corrected chi connectivity index (χ3v) is 3.81. The molecule has 0 saturated carbocycles. The van der Waals surface area contributed by atoms with Crippen molar-refractivity contribution in [3.8, 4) is 5.75 Å². The van der Waals surface area contributed by atoms with Crippen LogP contribution in [0.4, 0.5) is 0 Å². The average molecular weight is 305 g/mol. The number of halogens is 1. The third-order valence-electron chi connectivity index (χ3n) is 2.78. The number of carbonyl (C=O) groups is 1. The van der Waals surface area contributed by atoms with Crippen molar-refractivity contribution in [2.75, 3.05) is 0 Å². The SMILES string of the molecule is O=C(/C=C/c1c(Cl)nc2sccn12)c1cccc(O)c1. The van der Waals surface area contributed by atoms with Crippen molar-refractivity contribution in [2.24, 2.45) is 0 Å². The lowest BCUT2D eigenvalue weighted by Crippen LogP contribution is -1.93. The van der Waals surface area contributed by atoms with Crippen molar-refractivity contribution in [2.45, 2.75) is 0 Å². The normalized spacial score (nSPS) is 11.4. The van der Waals surface area contributed by atoms with E-state index in [1.807, 2.05) is 16.0 Å². The minimum Gasteiger partial charge on any atom is -0.508 e. The Morgan fingerprint density at radius 3 is 3.10 bits per heavy atom. The Hall–Kier alpha value is -2.11. The fourth-order valence-electron chi connectivity index (χ4n) is 1.84. The molecule has 0 amide bonds. The molecule has 4 nitrogen and oxygen atoms in total. The van der Waals surface area contributed by atoms with Crippen molar-refractivity contribution in [3.63, 3.8) is 0 Å². The Bertz CT molecular complexity index is 820. The molecule has 3 aromatic rings. The van der Waals surface area contributed by atoms with E-state index in [0.717, 1.165) is 4.96 Å². The zero-order valence-corrected chi connectivity index (χ0v) is 11.7. The van der Waals surface area contributed by atoms with Crippen LogP contribution in [0, 0.1) is 0 Å². The monoisotopic (exact) mass is 304 g/mol. The zero-order valence-electron chi connectivity index (χ0n) is 10.2. The topological polar surface area (TPSA) is 54.6 Å². The molecule has 6 heteroatoms. The second kappa shape index (κ2) is 5.11. The molecule has 0 saturated heterocycles. The predicted octanol–water partition coefficient (Wildman–Crippen LogP) is 3.65. The van der Waals surface area contributed by atoms with E-state index in [9.17, 15) is 9.90 Å². The molecular weight excluding hydrogens is 296 g/mol. The second-order valence-electron chi connectivity index (χ2n) is 4.09. The lowest BCUT2D eigenvalue weighted by molar-refractivity contribution is 0.104. The lowest BCUT2D eigenvalue weighted by Gasteiger charge is -1.97. The maximum atomic E-state index is 12.0. The molecule has 1 aromatic carbocycles. The first kappa shape index (κ1) is 12.9. The fourth-order valence-corrected chi connectivity index (χ4v) is 2.84. The second-order valence-corrected chi connectivity index (χ2v) is 5.32. The van der Waals surface area contributed by atoms with Crippen LogP contribution in [0.1, 0.15) is 16.1 Å². The molecule has 0 aliphatic carbocycles. The van der Waals surface area contributed by atoms with E-state index in [1.165, 1.54) is 29.5 Å². The summed E-state index contributed by atoms with van der Waals surface area (Å²) in [6.07, 6.45) is 4.89. The molecule has 0 fully saturated rings. The minimum atomic E-state index is -0.206. The van der Waals surface area contributed by atoms with Gasteiger partial charge in [-0.15, -0.1) is 11.3 Å². The molecule has 2 heterocycles. The van der Waals surface area contributed by atoms with Crippen LogP contribution >= 0.6 is 22.9 Å². The molecule has 2 aromatic heterocycles. The Balaban J connectivity index is 1.92. The molecule has 0 aliphatic rings. The predicted molar refractivity (Wildman–Crippen MR) is 79.6 cm³/mol. The van der Waals surface area contributed by atoms with Crippen molar-refractivity contribution in [1.29, 1.82) is 0 Å². The molecule has 0 aliphatic heterocycles. The highest BCUT2D eigenvalue weighted by Crippen LogP contribution is 2.22. The van der Waals surface area contributed by atoms with Crippen molar-refractivity contribution in [3.05, 3.63) is 58.3 Å². The number of fused-ring (bicyclic) bond motifs is 1. The van der Waals surface area contributed by atoms with Gasteiger partial charge in [0, 0.05) is 17.1 Å². The highest BCUT2D eigenvalue weighted by Gasteiger charge is 2.09. The summed E-state index contributed by atoms with van der Waals surface area (Å²) in [5.74, 6) is -0.144. The number of aromatic nitrogens is 2. The highest BCUT2D eigenvalue weighted by molar-refractivity contribution is 7.15. The molecule has 0 atom stereocenters. The fraction of sp³-hybridized carbons (Fsp3) is 0. The molecule has 0 spiro atoms. The van der Waals surface area contributed by atoms with Crippen LogP contribution in [-0.2, 0) is 0 Å². The molecular formula is C14H9ClN2O2S. The van der Waals surface area contributed by atoms with E-state index in [2.05, 4.69) is 4.98 Å². The summed E-state index contributed by atoms with van der Waals surface area (Å²) in [4.78, 5) is 17.0. The minimum absolute atomic E-state index is 0.0619. The Labute approximate surface area is 123 Å². The van der Waals surface area contributed by atoms with Crippen LogP contribution in [0.5, 0.6) is 5.75 Å². The van der Waals surface area contributed by atoms with E-state index >= 15 is 0 Å². The highest BCUT2D eigenvalue weighted by atomic mass is 35.5. The molecule has 0 bridgehead atoms. The van der Waals surface area contributed by atoms with Gasteiger partial charge in [-0.25, -0.2) is 4.98 Å². The van der Waals surface area contributed by atoms with Gasteiger partial charge in [-0.1, -0.05) is 23.7 Å². The number of imidazole rings is 1. The first-order chi connectivity index (χ1) is 9.65. The number of benzene rings is 1. The molecule has 0 unspecified atom stereocenters. The van der Waals surface area contributed by atoms with Crippen molar-refractivity contribution < 1.29 is 9.90 Å². The van der Waals surface area contributed by atoms with Crippen LogP contribution in [0.25, 0.3) is 11.0 Å². The number of rotatable bonds is 3. The van der Waals surface area contributed by atoms with E-state index in [1.54, 1.807) is 18.2 Å². The standard InChI is InChI=1S/C14H9ClN2O2S/c15-13-11(17-6-7-20-14(17)16-13)4-5-12(19)9-2-1-3-10(18)8-9/h1-8,18H/b5-4+. The Morgan fingerprint density at radius 1 is 1.45 bits per heavy atom. The van der Waals surface area contributed by atoms with Gasteiger partial charge in [0.15, 0.2) is 15.9 Å². The molecule has 20 heavy (non-hydrogen) atoms.